The quantitative estimate of drug-likeness (QED) is 0.387. The van der Waals surface area contributed by atoms with Gasteiger partial charge in [0.2, 0.25) is 5.91 Å². The van der Waals surface area contributed by atoms with Crippen LogP contribution >= 0.6 is 27.3 Å². The number of amides is 1. The number of hydrogen-bond acceptors (Lipinski definition) is 7. The zero-order valence-electron chi connectivity index (χ0n) is 19.0. The van der Waals surface area contributed by atoms with E-state index >= 15 is 0 Å². The van der Waals surface area contributed by atoms with Gasteiger partial charge in [-0.25, -0.2) is 9.97 Å². The lowest BCUT2D eigenvalue weighted by Gasteiger charge is -2.37. The van der Waals surface area contributed by atoms with Crippen molar-refractivity contribution in [1.29, 1.82) is 0 Å². The summed E-state index contributed by atoms with van der Waals surface area (Å²) in [5.74, 6) is 1.07. The third kappa shape index (κ3) is 3.87. The van der Waals surface area contributed by atoms with E-state index in [0.717, 1.165) is 56.4 Å². The van der Waals surface area contributed by atoms with Crippen LogP contribution in [0.3, 0.4) is 0 Å². The van der Waals surface area contributed by atoms with E-state index in [1.165, 1.54) is 10.4 Å². The van der Waals surface area contributed by atoms with E-state index in [1.807, 2.05) is 31.0 Å². The summed E-state index contributed by atoms with van der Waals surface area (Å²) in [7, 11) is 0. The number of benzene rings is 1. The highest BCUT2D eigenvalue weighted by Crippen LogP contribution is 2.41. The molecule has 2 aliphatic rings. The highest BCUT2D eigenvalue weighted by Gasteiger charge is 2.34. The Morgan fingerprint density at radius 1 is 1.26 bits per heavy atom. The summed E-state index contributed by atoms with van der Waals surface area (Å²) >= 11 is 5.35. The van der Waals surface area contributed by atoms with Crippen LogP contribution in [0.25, 0.3) is 21.1 Å². The van der Waals surface area contributed by atoms with Gasteiger partial charge in [-0.15, -0.1) is 11.3 Å². The fourth-order valence-electron chi connectivity index (χ4n) is 5.22. The van der Waals surface area contributed by atoms with Gasteiger partial charge >= 0.3 is 0 Å². The first-order chi connectivity index (χ1) is 16.5. The number of aromatic amines is 1. The number of morpholine rings is 1. The molecule has 0 saturated carbocycles. The molecule has 10 heteroatoms. The topological polar surface area (TPSA) is 96.0 Å². The number of aryl methyl sites for hydroxylation is 1. The van der Waals surface area contributed by atoms with Crippen molar-refractivity contribution in [3.63, 3.8) is 0 Å². The number of carbonyl (C=O) groups is 1. The molecule has 1 aliphatic carbocycles. The number of H-pyrrole nitrogens is 1. The molecule has 1 fully saturated rings. The van der Waals surface area contributed by atoms with E-state index in [2.05, 4.69) is 47.5 Å². The number of carbonyl (C=O) groups excluding carboxylic acids is 1. The normalized spacial score (nSPS) is 22.8. The molecular weight excluding hydrogens is 516 g/mol. The molecule has 4 aromatic rings. The van der Waals surface area contributed by atoms with Gasteiger partial charge in [-0.05, 0) is 66.7 Å². The molecule has 0 radical (unpaired) electrons. The van der Waals surface area contributed by atoms with Gasteiger partial charge in [0.15, 0.2) is 0 Å². The molecule has 1 aromatic carbocycles. The molecule has 34 heavy (non-hydrogen) atoms. The van der Waals surface area contributed by atoms with Crippen LogP contribution in [0.15, 0.2) is 29.1 Å². The van der Waals surface area contributed by atoms with Gasteiger partial charge in [-0.2, -0.15) is 5.10 Å². The second kappa shape index (κ2) is 8.58. The number of aromatic nitrogens is 4. The summed E-state index contributed by atoms with van der Waals surface area (Å²) in [5, 5.41) is 12.7. The van der Waals surface area contributed by atoms with Crippen LogP contribution in [0.1, 0.15) is 30.7 Å². The van der Waals surface area contributed by atoms with Crippen LogP contribution in [-0.2, 0) is 22.4 Å². The summed E-state index contributed by atoms with van der Waals surface area (Å²) < 4.78 is 6.75. The first-order valence-electron chi connectivity index (χ1n) is 11.6. The zero-order chi connectivity index (χ0) is 23.4. The van der Waals surface area contributed by atoms with Gasteiger partial charge in [-0.3, -0.25) is 9.89 Å². The monoisotopic (exact) mass is 540 g/mol. The molecule has 4 heterocycles. The maximum Gasteiger partial charge on any atom is 0.226 e. The number of ether oxygens (including phenoxy) is 1. The Labute approximate surface area is 209 Å². The SMILES string of the molecule is C[C@H]1CN(C(=O)[C@H]2CCc3c(sc4ncnc(Nc5cc6cn[nH]c6cc5Br)c34)C2)C[C@H](C)O1. The van der Waals surface area contributed by atoms with Crippen molar-refractivity contribution in [1.82, 2.24) is 25.1 Å². The molecule has 1 saturated heterocycles. The van der Waals surface area contributed by atoms with Gasteiger partial charge < -0.3 is 15.0 Å². The van der Waals surface area contributed by atoms with Gasteiger partial charge in [0, 0.05) is 33.7 Å². The average molecular weight is 541 g/mol. The van der Waals surface area contributed by atoms with E-state index in [-0.39, 0.29) is 24.0 Å². The van der Waals surface area contributed by atoms with Gasteiger partial charge in [-0.1, -0.05) is 0 Å². The number of fused-ring (bicyclic) bond motifs is 4. The smallest absolute Gasteiger partial charge is 0.226 e. The largest absolute Gasteiger partial charge is 0.372 e. The van der Waals surface area contributed by atoms with E-state index in [0.29, 0.717) is 13.1 Å². The standard InChI is InChI=1S/C24H25BrN6O2S/c1-12-9-31(10-13(2)33-12)24(32)14-3-4-16-20(6-14)34-23-21(16)22(26-11-27-23)29-19-5-15-8-28-30-18(15)7-17(19)25/h5,7-8,11-14H,3-4,6,9-10H2,1-2H3,(H,28,30)(H,26,27,29)/t12-,13-,14-/m0/s1. The molecule has 3 aromatic heterocycles. The molecule has 8 nitrogen and oxygen atoms in total. The van der Waals surface area contributed by atoms with Crippen LogP contribution < -0.4 is 5.32 Å². The number of hydrogen-bond donors (Lipinski definition) is 2. The Kier molecular flexibility index (Phi) is 5.54. The molecule has 0 bridgehead atoms. The van der Waals surface area contributed by atoms with Crippen molar-refractivity contribution in [2.45, 2.75) is 45.3 Å². The number of rotatable bonds is 3. The first kappa shape index (κ1) is 21.9. The van der Waals surface area contributed by atoms with Crippen LogP contribution in [0, 0.1) is 5.92 Å². The number of thiophene rings is 1. The van der Waals surface area contributed by atoms with Crippen molar-refractivity contribution in [2.75, 3.05) is 18.4 Å². The Hall–Kier alpha value is -2.56. The predicted molar refractivity (Wildman–Crippen MR) is 137 cm³/mol. The Balaban J connectivity index is 1.29. The maximum absolute atomic E-state index is 13.3. The number of anilines is 2. The van der Waals surface area contributed by atoms with Gasteiger partial charge in [0.25, 0.3) is 0 Å². The summed E-state index contributed by atoms with van der Waals surface area (Å²) in [6, 6.07) is 4.06. The third-order valence-corrected chi connectivity index (χ3v) is 8.53. The highest BCUT2D eigenvalue weighted by molar-refractivity contribution is 9.10. The van der Waals surface area contributed by atoms with Crippen LogP contribution in [0.4, 0.5) is 11.5 Å². The van der Waals surface area contributed by atoms with Crippen molar-refractivity contribution in [2.24, 2.45) is 5.92 Å². The van der Waals surface area contributed by atoms with E-state index in [4.69, 9.17) is 4.74 Å². The first-order valence-corrected chi connectivity index (χ1v) is 13.2. The van der Waals surface area contributed by atoms with Crippen molar-refractivity contribution < 1.29 is 9.53 Å². The fraction of sp³-hybridized carbons (Fsp3) is 0.417. The lowest BCUT2D eigenvalue weighted by molar-refractivity contribution is -0.147. The number of halogens is 1. The lowest BCUT2D eigenvalue weighted by Crippen LogP contribution is -2.50. The van der Waals surface area contributed by atoms with E-state index in [9.17, 15) is 4.79 Å². The molecule has 1 aliphatic heterocycles. The highest BCUT2D eigenvalue weighted by atomic mass is 79.9. The van der Waals surface area contributed by atoms with Crippen molar-refractivity contribution in [3.8, 4) is 0 Å². The molecule has 0 spiro atoms. The summed E-state index contributed by atoms with van der Waals surface area (Å²) in [6.45, 7) is 5.43. The number of nitrogens with one attached hydrogen (secondary N) is 2. The van der Waals surface area contributed by atoms with Crippen molar-refractivity contribution >= 4 is 65.8 Å². The van der Waals surface area contributed by atoms with Crippen LogP contribution in [0.2, 0.25) is 0 Å². The lowest BCUT2D eigenvalue weighted by atomic mass is 9.86. The molecule has 0 unspecified atom stereocenters. The summed E-state index contributed by atoms with van der Waals surface area (Å²) in [5.41, 5.74) is 3.17. The second-order valence-corrected chi connectivity index (χ2v) is 11.2. The molecule has 2 N–H and O–H groups in total. The zero-order valence-corrected chi connectivity index (χ0v) is 21.4. The van der Waals surface area contributed by atoms with E-state index < -0.39 is 0 Å². The Bertz CT molecular complexity index is 1390. The Morgan fingerprint density at radius 2 is 2.09 bits per heavy atom. The minimum atomic E-state index is 0.0140. The minimum absolute atomic E-state index is 0.0140. The summed E-state index contributed by atoms with van der Waals surface area (Å²) in [6.07, 6.45) is 6.04. The maximum atomic E-state index is 13.3. The molecular formula is C24H25BrN6O2S. The minimum Gasteiger partial charge on any atom is -0.372 e. The van der Waals surface area contributed by atoms with Gasteiger partial charge in [0.1, 0.15) is 17.0 Å². The number of nitrogens with zero attached hydrogens (tertiary/aromatic N) is 4. The molecule has 3 atom stereocenters. The van der Waals surface area contributed by atoms with Crippen molar-refractivity contribution in [3.05, 3.63) is 39.6 Å². The molecule has 1 amide bonds. The van der Waals surface area contributed by atoms with Gasteiger partial charge in [0.05, 0.1) is 35.0 Å². The summed E-state index contributed by atoms with van der Waals surface area (Å²) in [4.78, 5) is 26.7. The fourth-order valence-corrected chi connectivity index (χ4v) is 6.93. The average Bonchev–Trinajstić information content (AvgIpc) is 3.41. The van der Waals surface area contributed by atoms with E-state index in [1.54, 1.807) is 17.7 Å². The second-order valence-electron chi connectivity index (χ2n) is 9.26. The van der Waals surface area contributed by atoms with Crippen LogP contribution in [0.5, 0.6) is 0 Å². The Morgan fingerprint density at radius 3 is 2.91 bits per heavy atom. The third-order valence-electron chi connectivity index (χ3n) is 6.71. The van der Waals surface area contributed by atoms with Crippen LogP contribution in [-0.4, -0.2) is 56.3 Å². The molecule has 6 rings (SSSR count). The molecule has 176 valence electrons. The predicted octanol–water partition coefficient (Wildman–Crippen LogP) is 4.81.